The summed E-state index contributed by atoms with van der Waals surface area (Å²) < 4.78 is 7.21. The van der Waals surface area contributed by atoms with Crippen molar-refractivity contribution >= 4 is 5.69 Å². The summed E-state index contributed by atoms with van der Waals surface area (Å²) in [6, 6.07) is 6.54. The standard InChI is InChI=1S/C12H13N3O3/c1-2-14-8-11(7-13-14)18-9-10-5-3-4-6-12(10)15(16)17/h3-8H,2,9H2,1H3. The molecule has 0 aliphatic rings. The van der Waals surface area contributed by atoms with Crippen LogP contribution in [0, 0.1) is 10.1 Å². The molecule has 0 aliphatic carbocycles. The first-order chi connectivity index (χ1) is 8.70. The van der Waals surface area contributed by atoms with E-state index in [-0.39, 0.29) is 12.3 Å². The minimum absolute atomic E-state index is 0.0698. The van der Waals surface area contributed by atoms with Gasteiger partial charge in [-0.3, -0.25) is 14.8 Å². The van der Waals surface area contributed by atoms with Crippen molar-refractivity contribution < 1.29 is 9.66 Å². The van der Waals surface area contributed by atoms with E-state index in [1.165, 1.54) is 6.07 Å². The molecule has 0 radical (unpaired) electrons. The third-order valence-corrected chi connectivity index (χ3v) is 2.52. The summed E-state index contributed by atoms with van der Waals surface area (Å²) in [6.45, 7) is 2.89. The number of rotatable bonds is 5. The molecule has 1 aromatic heterocycles. The number of para-hydroxylation sites is 1. The highest BCUT2D eigenvalue weighted by Crippen LogP contribution is 2.19. The Bertz CT molecular complexity index is 551. The number of aryl methyl sites for hydroxylation is 1. The highest BCUT2D eigenvalue weighted by Gasteiger charge is 2.12. The highest BCUT2D eigenvalue weighted by molar-refractivity contribution is 5.39. The third-order valence-electron chi connectivity index (χ3n) is 2.52. The van der Waals surface area contributed by atoms with E-state index in [0.717, 1.165) is 6.54 Å². The van der Waals surface area contributed by atoms with Crippen molar-refractivity contribution in [2.45, 2.75) is 20.1 Å². The topological polar surface area (TPSA) is 70.2 Å². The lowest BCUT2D eigenvalue weighted by Crippen LogP contribution is -2.00. The first kappa shape index (κ1) is 12.1. The van der Waals surface area contributed by atoms with E-state index < -0.39 is 4.92 Å². The first-order valence-electron chi connectivity index (χ1n) is 5.58. The number of nitro groups is 1. The van der Waals surface area contributed by atoms with Crippen LogP contribution in [-0.4, -0.2) is 14.7 Å². The largest absolute Gasteiger partial charge is 0.485 e. The zero-order valence-electron chi connectivity index (χ0n) is 9.94. The molecule has 0 unspecified atom stereocenters. The Morgan fingerprint density at radius 1 is 1.44 bits per heavy atom. The number of nitrogens with zero attached hydrogens (tertiary/aromatic N) is 3. The maximum absolute atomic E-state index is 10.8. The van der Waals surface area contributed by atoms with Gasteiger partial charge in [-0.25, -0.2) is 0 Å². The van der Waals surface area contributed by atoms with Crippen LogP contribution in [-0.2, 0) is 13.2 Å². The van der Waals surface area contributed by atoms with Crippen LogP contribution in [0.25, 0.3) is 0 Å². The van der Waals surface area contributed by atoms with Gasteiger partial charge < -0.3 is 4.74 Å². The second kappa shape index (κ2) is 5.31. The minimum Gasteiger partial charge on any atom is -0.485 e. The van der Waals surface area contributed by atoms with Crippen LogP contribution in [0.1, 0.15) is 12.5 Å². The van der Waals surface area contributed by atoms with E-state index in [1.807, 2.05) is 6.92 Å². The summed E-state index contributed by atoms with van der Waals surface area (Å²) in [4.78, 5) is 10.4. The normalized spacial score (nSPS) is 10.3. The number of hydrogen-bond acceptors (Lipinski definition) is 4. The van der Waals surface area contributed by atoms with Crippen LogP contribution >= 0.6 is 0 Å². The molecular formula is C12H13N3O3. The summed E-state index contributed by atoms with van der Waals surface area (Å²) >= 11 is 0. The van der Waals surface area contributed by atoms with Gasteiger partial charge >= 0.3 is 0 Å². The molecule has 6 heteroatoms. The molecule has 0 N–H and O–H groups in total. The maximum Gasteiger partial charge on any atom is 0.276 e. The number of benzene rings is 1. The molecule has 0 aliphatic heterocycles. The Morgan fingerprint density at radius 2 is 2.22 bits per heavy atom. The quantitative estimate of drug-likeness (QED) is 0.600. The van der Waals surface area contributed by atoms with Gasteiger partial charge in [0.05, 0.1) is 22.9 Å². The van der Waals surface area contributed by atoms with Crippen molar-refractivity contribution in [3.8, 4) is 5.75 Å². The molecule has 1 aromatic carbocycles. The van der Waals surface area contributed by atoms with Crippen LogP contribution in [0.15, 0.2) is 36.7 Å². The Balaban J connectivity index is 2.08. The molecule has 18 heavy (non-hydrogen) atoms. The molecule has 6 nitrogen and oxygen atoms in total. The summed E-state index contributed by atoms with van der Waals surface area (Å²) in [5.74, 6) is 0.606. The van der Waals surface area contributed by atoms with Crippen LogP contribution < -0.4 is 4.74 Å². The maximum atomic E-state index is 10.8. The van der Waals surface area contributed by atoms with Crippen molar-refractivity contribution in [2.24, 2.45) is 0 Å². The van der Waals surface area contributed by atoms with Crippen molar-refractivity contribution in [2.75, 3.05) is 0 Å². The Morgan fingerprint density at radius 3 is 2.89 bits per heavy atom. The molecule has 2 rings (SSSR count). The fourth-order valence-electron chi connectivity index (χ4n) is 1.56. The van der Waals surface area contributed by atoms with Gasteiger partial charge in [-0.1, -0.05) is 12.1 Å². The molecule has 2 aromatic rings. The van der Waals surface area contributed by atoms with E-state index in [9.17, 15) is 10.1 Å². The Hall–Kier alpha value is -2.37. The second-order valence-electron chi connectivity index (χ2n) is 3.71. The molecule has 0 saturated carbocycles. The van der Waals surface area contributed by atoms with Crippen LogP contribution in [0.2, 0.25) is 0 Å². The smallest absolute Gasteiger partial charge is 0.276 e. The van der Waals surface area contributed by atoms with Gasteiger partial charge in [0.15, 0.2) is 5.75 Å². The zero-order chi connectivity index (χ0) is 13.0. The van der Waals surface area contributed by atoms with Crippen molar-refractivity contribution in [3.63, 3.8) is 0 Å². The van der Waals surface area contributed by atoms with E-state index >= 15 is 0 Å². The van der Waals surface area contributed by atoms with Crippen LogP contribution in [0.4, 0.5) is 5.69 Å². The monoisotopic (exact) mass is 247 g/mol. The van der Waals surface area contributed by atoms with Crippen molar-refractivity contribution in [1.29, 1.82) is 0 Å². The molecule has 0 spiro atoms. The molecule has 0 bridgehead atoms. The fourth-order valence-corrected chi connectivity index (χ4v) is 1.56. The highest BCUT2D eigenvalue weighted by atomic mass is 16.6. The molecule has 94 valence electrons. The minimum atomic E-state index is -0.409. The second-order valence-corrected chi connectivity index (χ2v) is 3.71. The lowest BCUT2D eigenvalue weighted by molar-refractivity contribution is -0.385. The first-order valence-corrected chi connectivity index (χ1v) is 5.58. The zero-order valence-corrected chi connectivity index (χ0v) is 9.94. The summed E-state index contributed by atoms with van der Waals surface area (Å²) in [7, 11) is 0. The summed E-state index contributed by atoms with van der Waals surface area (Å²) in [6.07, 6.45) is 3.35. The fraction of sp³-hybridized carbons (Fsp3) is 0.250. The van der Waals surface area contributed by atoms with Crippen molar-refractivity contribution in [3.05, 3.63) is 52.3 Å². The summed E-state index contributed by atoms with van der Waals surface area (Å²) in [5.41, 5.74) is 0.618. The van der Waals surface area contributed by atoms with Crippen molar-refractivity contribution in [1.82, 2.24) is 9.78 Å². The summed E-state index contributed by atoms with van der Waals surface area (Å²) in [5, 5.41) is 14.9. The van der Waals surface area contributed by atoms with Gasteiger partial charge in [-0.15, -0.1) is 0 Å². The third kappa shape index (κ3) is 2.65. The Kier molecular flexibility index (Phi) is 3.57. The molecule has 0 atom stereocenters. The average Bonchev–Trinajstić information content (AvgIpc) is 2.84. The lowest BCUT2D eigenvalue weighted by Gasteiger charge is -2.04. The lowest BCUT2D eigenvalue weighted by atomic mass is 10.2. The SMILES string of the molecule is CCn1cc(OCc2ccccc2[N+](=O)[O-])cn1. The molecule has 0 fully saturated rings. The molecular weight excluding hydrogens is 234 g/mol. The predicted molar refractivity (Wildman–Crippen MR) is 65.3 cm³/mol. The van der Waals surface area contributed by atoms with Gasteiger partial charge in [0, 0.05) is 12.6 Å². The van der Waals surface area contributed by atoms with Gasteiger partial charge in [0.25, 0.3) is 5.69 Å². The van der Waals surface area contributed by atoms with Crippen LogP contribution in [0.5, 0.6) is 5.75 Å². The van der Waals surface area contributed by atoms with Gasteiger partial charge in [-0.05, 0) is 13.0 Å². The van der Waals surface area contributed by atoms with Gasteiger partial charge in [0.1, 0.15) is 6.61 Å². The number of ether oxygens (including phenoxy) is 1. The number of nitro benzene ring substituents is 1. The van der Waals surface area contributed by atoms with E-state index in [1.54, 1.807) is 35.3 Å². The van der Waals surface area contributed by atoms with Crippen LogP contribution in [0.3, 0.4) is 0 Å². The number of hydrogen-bond donors (Lipinski definition) is 0. The van der Waals surface area contributed by atoms with Gasteiger partial charge in [0.2, 0.25) is 0 Å². The van der Waals surface area contributed by atoms with E-state index in [4.69, 9.17) is 4.74 Å². The molecule has 1 heterocycles. The van der Waals surface area contributed by atoms with E-state index in [0.29, 0.717) is 11.3 Å². The van der Waals surface area contributed by atoms with E-state index in [2.05, 4.69) is 5.10 Å². The van der Waals surface area contributed by atoms with Gasteiger partial charge in [-0.2, -0.15) is 5.10 Å². The number of aromatic nitrogens is 2. The average molecular weight is 247 g/mol. The molecule has 0 amide bonds. The molecule has 0 saturated heterocycles. The Labute approximate surface area is 104 Å². The predicted octanol–water partition coefficient (Wildman–Crippen LogP) is 2.39.